The second-order valence-corrected chi connectivity index (χ2v) is 10.5. The minimum Gasteiger partial charge on any atom is -0.338 e. The number of sulfone groups is 1. The maximum atomic E-state index is 13.2. The van der Waals surface area contributed by atoms with E-state index >= 15 is 0 Å². The predicted molar refractivity (Wildman–Crippen MR) is 121 cm³/mol. The Kier molecular flexibility index (Phi) is 6.84. The van der Waals surface area contributed by atoms with Gasteiger partial charge in [0.15, 0.2) is 9.84 Å². The van der Waals surface area contributed by atoms with E-state index in [-0.39, 0.29) is 28.0 Å². The summed E-state index contributed by atoms with van der Waals surface area (Å²) in [5.74, 6) is -0.268. The molecule has 31 heavy (non-hydrogen) atoms. The summed E-state index contributed by atoms with van der Waals surface area (Å²) in [6, 6.07) is 16.1. The van der Waals surface area contributed by atoms with Crippen molar-refractivity contribution in [3.8, 4) is 0 Å². The third-order valence-electron chi connectivity index (χ3n) is 5.81. The van der Waals surface area contributed by atoms with Crippen LogP contribution in [0.4, 0.5) is 0 Å². The highest BCUT2D eigenvalue weighted by Gasteiger charge is 2.36. The average molecular weight is 443 g/mol. The lowest BCUT2D eigenvalue weighted by atomic mass is 9.83. The fourth-order valence-corrected chi connectivity index (χ4v) is 5.48. The molecule has 2 aromatic carbocycles. The van der Waals surface area contributed by atoms with Crippen LogP contribution in [0.5, 0.6) is 0 Å². The van der Waals surface area contributed by atoms with E-state index in [1.807, 2.05) is 44.2 Å². The normalized spacial score (nSPS) is 15.1. The Bertz CT molecular complexity index is 1040. The zero-order valence-corrected chi connectivity index (χ0v) is 19.2. The zero-order valence-electron chi connectivity index (χ0n) is 18.4. The van der Waals surface area contributed by atoms with Crippen molar-refractivity contribution in [2.24, 2.45) is 0 Å². The first-order valence-corrected chi connectivity index (χ1v) is 12.3. The molecule has 1 heterocycles. The van der Waals surface area contributed by atoms with Gasteiger partial charge in [-0.3, -0.25) is 9.59 Å². The van der Waals surface area contributed by atoms with Crippen LogP contribution in [0, 0.1) is 0 Å². The molecule has 1 fully saturated rings. The van der Waals surface area contributed by atoms with Crippen molar-refractivity contribution in [2.75, 3.05) is 31.9 Å². The molecule has 0 spiro atoms. The Morgan fingerprint density at radius 1 is 0.871 bits per heavy atom. The summed E-state index contributed by atoms with van der Waals surface area (Å²) < 4.78 is 25.2. The number of piperazine rings is 1. The molecular formula is C24H30N2O4S. The first kappa shape index (κ1) is 23.0. The van der Waals surface area contributed by atoms with E-state index in [2.05, 4.69) is 0 Å². The Labute approximate surface area is 184 Å². The van der Waals surface area contributed by atoms with Crippen molar-refractivity contribution in [1.82, 2.24) is 9.80 Å². The van der Waals surface area contributed by atoms with E-state index in [0.29, 0.717) is 32.6 Å². The minimum absolute atomic E-state index is 0.00808. The van der Waals surface area contributed by atoms with E-state index in [0.717, 1.165) is 5.56 Å². The number of benzene rings is 2. The topological polar surface area (TPSA) is 74.8 Å². The molecule has 1 aliphatic rings. The van der Waals surface area contributed by atoms with Crippen LogP contribution in [-0.4, -0.2) is 62.0 Å². The molecule has 6 nitrogen and oxygen atoms in total. The van der Waals surface area contributed by atoms with Crippen molar-refractivity contribution in [3.63, 3.8) is 0 Å². The molecule has 0 N–H and O–H groups in total. The zero-order chi connectivity index (χ0) is 22.6. The quantitative estimate of drug-likeness (QED) is 0.689. The third-order valence-corrected chi connectivity index (χ3v) is 7.78. The highest BCUT2D eigenvalue weighted by molar-refractivity contribution is 7.91. The monoisotopic (exact) mass is 442 g/mol. The number of rotatable bonds is 6. The molecule has 2 amide bonds. The van der Waals surface area contributed by atoms with Gasteiger partial charge in [0.2, 0.25) is 5.91 Å². The highest BCUT2D eigenvalue weighted by Crippen LogP contribution is 2.27. The summed E-state index contributed by atoms with van der Waals surface area (Å²) in [6.45, 7) is 7.22. The smallest absolute Gasteiger partial charge is 0.255 e. The van der Waals surface area contributed by atoms with Gasteiger partial charge in [0.25, 0.3) is 5.91 Å². The van der Waals surface area contributed by atoms with Gasteiger partial charge < -0.3 is 9.80 Å². The van der Waals surface area contributed by atoms with Crippen molar-refractivity contribution < 1.29 is 18.0 Å². The molecule has 1 saturated heterocycles. The highest BCUT2D eigenvalue weighted by atomic mass is 32.2. The molecular weight excluding hydrogens is 412 g/mol. The van der Waals surface area contributed by atoms with Gasteiger partial charge in [0, 0.05) is 26.2 Å². The van der Waals surface area contributed by atoms with Crippen molar-refractivity contribution >= 4 is 21.7 Å². The maximum absolute atomic E-state index is 13.2. The second-order valence-electron chi connectivity index (χ2n) is 8.39. The number of nitrogens with zero attached hydrogens (tertiary/aromatic N) is 2. The van der Waals surface area contributed by atoms with E-state index in [4.69, 9.17) is 0 Å². The lowest BCUT2D eigenvalue weighted by Gasteiger charge is -2.39. The maximum Gasteiger partial charge on any atom is 0.255 e. The second kappa shape index (κ2) is 9.22. The Morgan fingerprint density at radius 2 is 1.42 bits per heavy atom. The number of hydrogen-bond acceptors (Lipinski definition) is 4. The molecule has 0 bridgehead atoms. The van der Waals surface area contributed by atoms with Crippen LogP contribution in [0.2, 0.25) is 0 Å². The molecule has 7 heteroatoms. The van der Waals surface area contributed by atoms with Gasteiger partial charge in [-0.2, -0.15) is 0 Å². The van der Waals surface area contributed by atoms with Crippen molar-refractivity contribution in [1.29, 1.82) is 0 Å². The van der Waals surface area contributed by atoms with Crippen LogP contribution in [0.25, 0.3) is 0 Å². The number of carbonyl (C=O) groups excluding carboxylic acids is 2. The van der Waals surface area contributed by atoms with Crippen LogP contribution < -0.4 is 0 Å². The summed E-state index contributed by atoms with van der Waals surface area (Å²) >= 11 is 0. The van der Waals surface area contributed by atoms with Crippen LogP contribution >= 0.6 is 0 Å². The van der Waals surface area contributed by atoms with Crippen LogP contribution in [0.1, 0.15) is 43.1 Å². The molecule has 0 saturated carbocycles. The molecule has 1 aliphatic heterocycles. The van der Waals surface area contributed by atoms with E-state index < -0.39 is 15.3 Å². The summed E-state index contributed by atoms with van der Waals surface area (Å²) in [4.78, 5) is 29.8. The standard InChI is InChI=1S/C24H30N2O4S/c1-4-18-31(29,30)21-13-9-8-12-20(21)22(27)25-14-16-26(17-15-25)23(28)24(2,3)19-10-6-5-7-11-19/h5-13H,4,14-18H2,1-3H3. The van der Waals surface area contributed by atoms with E-state index in [9.17, 15) is 18.0 Å². The first-order valence-electron chi connectivity index (χ1n) is 10.6. The minimum atomic E-state index is -3.51. The number of carbonyl (C=O) groups is 2. The molecule has 0 aliphatic carbocycles. The third kappa shape index (κ3) is 4.82. The molecule has 0 atom stereocenters. The number of amides is 2. The van der Waals surface area contributed by atoms with Crippen molar-refractivity contribution in [2.45, 2.75) is 37.5 Å². The lowest BCUT2D eigenvalue weighted by Crippen LogP contribution is -2.54. The average Bonchev–Trinajstić information content (AvgIpc) is 2.78. The largest absolute Gasteiger partial charge is 0.338 e. The van der Waals surface area contributed by atoms with Crippen LogP contribution in [-0.2, 0) is 20.0 Å². The van der Waals surface area contributed by atoms with Gasteiger partial charge in [-0.25, -0.2) is 8.42 Å². The summed E-state index contributed by atoms with van der Waals surface area (Å²) in [5.41, 5.74) is 0.503. The molecule has 0 radical (unpaired) electrons. The summed E-state index contributed by atoms with van der Waals surface area (Å²) in [5, 5.41) is 0. The van der Waals surface area contributed by atoms with Gasteiger partial charge in [-0.15, -0.1) is 0 Å². The SMILES string of the molecule is CCCS(=O)(=O)c1ccccc1C(=O)N1CCN(C(=O)C(C)(C)c2ccccc2)CC1. The predicted octanol–water partition coefficient (Wildman–Crippen LogP) is 3.13. The van der Waals surface area contributed by atoms with Crippen LogP contribution in [0.3, 0.4) is 0 Å². The van der Waals surface area contributed by atoms with Crippen molar-refractivity contribution in [3.05, 3.63) is 65.7 Å². The fraction of sp³-hybridized carbons (Fsp3) is 0.417. The Morgan fingerprint density at radius 3 is 2.03 bits per heavy atom. The number of hydrogen-bond donors (Lipinski definition) is 0. The first-order chi connectivity index (χ1) is 14.7. The Balaban J connectivity index is 1.72. The van der Waals surface area contributed by atoms with E-state index in [1.165, 1.54) is 6.07 Å². The van der Waals surface area contributed by atoms with E-state index in [1.54, 1.807) is 34.9 Å². The van der Waals surface area contributed by atoms with Gasteiger partial charge in [-0.05, 0) is 38.0 Å². The van der Waals surface area contributed by atoms with Gasteiger partial charge >= 0.3 is 0 Å². The van der Waals surface area contributed by atoms with Crippen LogP contribution in [0.15, 0.2) is 59.5 Å². The van der Waals surface area contributed by atoms with Gasteiger partial charge in [0.1, 0.15) is 0 Å². The molecule has 166 valence electrons. The Hall–Kier alpha value is -2.67. The molecule has 0 aromatic heterocycles. The molecule has 0 unspecified atom stereocenters. The fourth-order valence-electron chi connectivity index (χ4n) is 3.95. The summed E-state index contributed by atoms with van der Waals surface area (Å²) in [6.07, 6.45) is 0.489. The lowest BCUT2D eigenvalue weighted by molar-refractivity contribution is -0.137. The molecule has 2 aromatic rings. The summed E-state index contributed by atoms with van der Waals surface area (Å²) in [7, 11) is -3.51. The molecule has 3 rings (SSSR count). The van der Waals surface area contributed by atoms with Gasteiger partial charge in [0.05, 0.1) is 21.6 Å². The van der Waals surface area contributed by atoms with Gasteiger partial charge in [-0.1, -0.05) is 49.4 Å².